The highest BCUT2D eigenvalue weighted by molar-refractivity contribution is 7.92. The maximum absolute atomic E-state index is 12.1. The summed E-state index contributed by atoms with van der Waals surface area (Å²) < 4.78 is 24.2. The number of rotatable bonds is 7. The molecule has 1 atom stereocenters. The van der Waals surface area contributed by atoms with E-state index in [2.05, 4.69) is 5.32 Å². The summed E-state index contributed by atoms with van der Waals surface area (Å²) in [5.74, 6) is -0.496. The number of carbonyl (C=O) groups is 1. The largest absolute Gasteiger partial charge is 0.387 e. The summed E-state index contributed by atoms with van der Waals surface area (Å²) in [5, 5.41) is 12.8. The van der Waals surface area contributed by atoms with Crippen molar-refractivity contribution in [2.45, 2.75) is 43.5 Å². The zero-order valence-corrected chi connectivity index (χ0v) is 14.4. The highest BCUT2D eigenvalue weighted by Crippen LogP contribution is 2.25. The van der Waals surface area contributed by atoms with E-state index in [1.54, 1.807) is 24.3 Å². The monoisotopic (exact) mass is 359 g/mol. The molecule has 1 fully saturated rings. The van der Waals surface area contributed by atoms with Crippen LogP contribution in [-0.2, 0) is 14.6 Å². The molecule has 0 bridgehead atoms. The third kappa shape index (κ3) is 5.48. The Morgan fingerprint density at radius 2 is 2.04 bits per heavy atom. The van der Waals surface area contributed by atoms with Crippen molar-refractivity contribution in [1.82, 2.24) is 5.32 Å². The van der Waals surface area contributed by atoms with Crippen LogP contribution >= 0.6 is 11.6 Å². The molecule has 23 heavy (non-hydrogen) atoms. The number of aliphatic hydroxyl groups excluding tert-OH is 1. The molecule has 1 aromatic carbocycles. The van der Waals surface area contributed by atoms with Gasteiger partial charge in [-0.05, 0) is 30.5 Å². The van der Waals surface area contributed by atoms with Crippen LogP contribution in [0.25, 0.3) is 0 Å². The van der Waals surface area contributed by atoms with Gasteiger partial charge in [-0.3, -0.25) is 4.79 Å². The number of benzene rings is 1. The van der Waals surface area contributed by atoms with Crippen LogP contribution < -0.4 is 5.32 Å². The number of sulfone groups is 1. The van der Waals surface area contributed by atoms with Crippen LogP contribution in [0.1, 0.15) is 43.8 Å². The van der Waals surface area contributed by atoms with Gasteiger partial charge in [0.1, 0.15) is 0 Å². The Morgan fingerprint density at radius 3 is 2.70 bits per heavy atom. The van der Waals surface area contributed by atoms with E-state index in [0.717, 1.165) is 12.8 Å². The molecule has 5 nitrogen and oxygen atoms in total. The fourth-order valence-corrected chi connectivity index (χ4v) is 4.83. The molecular formula is C16H22ClNO4S. The molecule has 1 aliphatic rings. The maximum Gasteiger partial charge on any atom is 0.221 e. The van der Waals surface area contributed by atoms with Gasteiger partial charge in [0.15, 0.2) is 9.84 Å². The molecule has 7 heteroatoms. The molecule has 1 aromatic rings. The molecule has 1 amide bonds. The summed E-state index contributed by atoms with van der Waals surface area (Å²) in [4.78, 5) is 11.8. The number of halogens is 1. The lowest BCUT2D eigenvalue weighted by atomic mass is 10.1. The molecule has 0 aromatic heterocycles. The first-order chi connectivity index (χ1) is 10.9. The van der Waals surface area contributed by atoms with E-state index in [-0.39, 0.29) is 29.9 Å². The third-order valence-corrected chi connectivity index (χ3v) is 6.65. The second-order valence-corrected chi connectivity index (χ2v) is 8.74. The normalized spacial score (nSPS) is 17.1. The second kappa shape index (κ2) is 8.13. The molecule has 0 saturated heterocycles. The summed E-state index contributed by atoms with van der Waals surface area (Å²) in [5.41, 5.74) is 0.608. The Kier molecular flexibility index (Phi) is 6.44. The number of carbonyl (C=O) groups excluding carboxylic acids is 1. The van der Waals surface area contributed by atoms with Crippen LogP contribution in [-0.4, -0.2) is 37.0 Å². The zero-order chi connectivity index (χ0) is 16.9. The van der Waals surface area contributed by atoms with Crippen molar-refractivity contribution in [3.63, 3.8) is 0 Å². The second-order valence-electron chi connectivity index (χ2n) is 5.90. The predicted molar refractivity (Wildman–Crippen MR) is 90.1 cm³/mol. The average Bonchev–Trinajstić information content (AvgIpc) is 3.06. The van der Waals surface area contributed by atoms with Crippen LogP contribution in [0.2, 0.25) is 5.02 Å². The molecular weight excluding hydrogens is 338 g/mol. The van der Waals surface area contributed by atoms with Crippen molar-refractivity contribution in [1.29, 1.82) is 0 Å². The van der Waals surface area contributed by atoms with Crippen LogP contribution in [0, 0.1) is 0 Å². The van der Waals surface area contributed by atoms with E-state index in [0.29, 0.717) is 23.4 Å². The van der Waals surface area contributed by atoms with Crippen LogP contribution in [0.3, 0.4) is 0 Å². The molecule has 2 N–H and O–H groups in total. The standard InChI is InChI=1S/C16H22ClNO4S/c17-13-5-3-4-12(10-13)15(19)11-18-16(20)8-9-23(21,22)14-6-1-2-7-14/h3-5,10,14-15,19H,1-2,6-9,11H2,(H,18,20)/t15-/m0/s1. The SMILES string of the molecule is O=C(CCS(=O)(=O)C1CCCC1)NC[C@H](O)c1cccc(Cl)c1. The summed E-state index contributed by atoms with van der Waals surface area (Å²) in [7, 11) is -3.19. The topological polar surface area (TPSA) is 83.5 Å². The van der Waals surface area contributed by atoms with Gasteiger partial charge in [0.05, 0.1) is 17.1 Å². The van der Waals surface area contributed by atoms with E-state index >= 15 is 0 Å². The van der Waals surface area contributed by atoms with Gasteiger partial charge in [-0.25, -0.2) is 8.42 Å². The number of amides is 1. The lowest BCUT2D eigenvalue weighted by molar-refractivity contribution is -0.121. The van der Waals surface area contributed by atoms with Gasteiger partial charge in [0.2, 0.25) is 5.91 Å². The van der Waals surface area contributed by atoms with Crippen LogP contribution in [0.15, 0.2) is 24.3 Å². The fraction of sp³-hybridized carbons (Fsp3) is 0.562. The van der Waals surface area contributed by atoms with Crippen molar-refractivity contribution in [3.05, 3.63) is 34.9 Å². The highest BCUT2D eigenvalue weighted by Gasteiger charge is 2.28. The van der Waals surface area contributed by atoms with Gasteiger partial charge in [0.25, 0.3) is 0 Å². The predicted octanol–water partition coefficient (Wildman–Crippen LogP) is 2.24. The summed E-state index contributed by atoms with van der Waals surface area (Å²) in [6, 6.07) is 6.76. The Morgan fingerprint density at radius 1 is 1.35 bits per heavy atom. The van der Waals surface area contributed by atoms with Crippen LogP contribution in [0.4, 0.5) is 0 Å². The number of hydrogen-bond acceptors (Lipinski definition) is 4. The number of hydrogen-bond donors (Lipinski definition) is 2. The smallest absolute Gasteiger partial charge is 0.221 e. The first-order valence-corrected chi connectivity index (χ1v) is 9.89. The maximum atomic E-state index is 12.1. The highest BCUT2D eigenvalue weighted by atomic mass is 35.5. The van der Waals surface area contributed by atoms with Gasteiger partial charge in [-0.1, -0.05) is 36.6 Å². The van der Waals surface area contributed by atoms with Gasteiger partial charge in [-0.15, -0.1) is 0 Å². The van der Waals surface area contributed by atoms with Crippen LogP contribution in [0.5, 0.6) is 0 Å². The van der Waals surface area contributed by atoms with Gasteiger partial charge >= 0.3 is 0 Å². The Bertz CT molecular complexity index is 641. The zero-order valence-electron chi connectivity index (χ0n) is 12.9. The Balaban J connectivity index is 1.76. The summed E-state index contributed by atoms with van der Waals surface area (Å²) >= 11 is 5.85. The minimum absolute atomic E-state index is 0.0304. The molecule has 0 radical (unpaired) electrons. The molecule has 0 heterocycles. The average molecular weight is 360 g/mol. The van der Waals surface area contributed by atoms with E-state index in [4.69, 9.17) is 11.6 Å². The Hall–Kier alpha value is -1.11. The van der Waals surface area contributed by atoms with Gasteiger partial charge in [0, 0.05) is 18.0 Å². The lowest BCUT2D eigenvalue weighted by Crippen LogP contribution is -2.31. The van der Waals surface area contributed by atoms with Crippen molar-refractivity contribution in [2.75, 3.05) is 12.3 Å². The van der Waals surface area contributed by atoms with Crippen molar-refractivity contribution in [3.8, 4) is 0 Å². The van der Waals surface area contributed by atoms with Gasteiger partial charge in [-0.2, -0.15) is 0 Å². The molecule has 2 rings (SSSR count). The van der Waals surface area contributed by atoms with E-state index in [9.17, 15) is 18.3 Å². The van der Waals surface area contributed by atoms with Crippen molar-refractivity contribution >= 4 is 27.3 Å². The molecule has 1 aliphatic carbocycles. The van der Waals surface area contributed by atoms with Crippen molar-refractivity contribution < 1.29 is 18.3 Å². The fourth-order valence-electron chi connectivity index (χ4n) is 2.78. The quantitative estimate of drug-likeness (QED) is 0.782. The van der Waals surface area contributed by atoms with Gasteiger partial charge < -0.3 is 10.4 Å². The summed E-state index contributed by atoms with van der Waals surface area (Å²) in [6.45, 7) is 0.0304. The number of aliphatic hydroxyl groups is 1. The Labute approximate surface area is 142 Å². The molecule has 128 valence electrons. The summed E-state index contributed by atoms with van der Waals surface area (Å²) in [6.07, 6.45) is 2.36. The first kappa shape index (κ1) is 18.2. The molecule has 0 aliphatic heterocycles. The van der Waals surface area contributed by atoms with Crippen molar-refractivity contribution in [2.24, 2.45) is 0 Å². The minimum Gasteiger partial charge on any atom is -0.387 e. The first-order valence-electron chi connectivity index (χ1n) is 7.80. The third-order valence-electron chi connectivity index (χ3n) is 4.15. The van der Waals surface area contributed by atoms with E-state index in [1.807, 2.05) is 0 Å². The molecule has 0 unspecified atom stereocenters. The number of nitrogens with one attached hydrogen (secondary N) is 1. The van der Waals surface area contributed by atoms with E-state index in [1.165, 1.54) is 0 Å². The van der Waals surface area contributed by atoms with E-state index < -0.39 is 15.9 Å². The minimum atomic E-state index is -3.19. The molecule has 1 saturated carbocycles. The lowest BCUT2D eigenvalue weighted by Gasteiger charge is -2.14. The molecule has 0 spiro atoms.